The van der Waals surface area contributed by atoms with E-state index in [9.17, 15) is 4.39 Å². The van der Waals surface area contributed by atoms with Crippen LogP contribution in [0.15, 0.2) is 12.3 Å². The van der Waals surface area contributed by atoms with Crippen molar-refractivity contribution in [3.05, 3.63) is 23.6 Å². The zero-order valence-electron chi connectivity index (χ0n) is 10.9. The van der Waals surface area contributed by atoms with Crippen molar-refractivity contribution in [3.63, 3.8) is 0 Å². The Labute approximate surface area is 108 Å². The van der Waals surface area contributed by atoms with Crippen LogP contribution in [0.4, 0.5) is 10.2 Å². The molecule has 0 amide bonds. The van der Waals surface area contributed by atoms with Crippen LogP contribution in [-0.4, -0.2) is 22.7 Å². The average Bonchev–Trinajstić information content (AvgIpc) is 2.40. The molecule has 0 aromatic carbocycles. The van der Waals surface area contributed by atoms with Gasteiger partial charge in [-0.1, -0.05) is 13.3 Å². The zero-order valence-corrected chi connectivity index (χ0v) is 10.9. The molecule has 1 saturated heterocycles. The molecule has 0 bridgehead atoms. The molecule has 4 heteroatoms. The van der Waals surface area contributed by atoms with E-state index >= 15 is 0 Å². The zero-order chi connectivity index (χ0) is 13.0. The smallest absolute Gasteiger partial charge is 0.171 e. The first kappa shape index (κ1) is 13.3. The number of hydrogen-bond acceptors (Lipinski definition) is 3. The predicted octanol–water partition coefficient (Wildman–Crippen LogP) is 2.87. The highest BCUT2D eigenvalue weighted by molar-refractivity contribution is 5.44. The Balaban J connectivity index is 2.27. The lowest BCUT2D eigenvalue weighted by atomic mass is 9.98. The molecule has 1 atom stereocenters. The summed E-state index contributed by atoms with van der Waals surface area (Å²) in [6.45, 7) is 2.75. The molecule has 0 aliphatic carbocycles. The maximum Gasteiger partial charge on any atom is 0.171 e. The van der Waals surface area contributed by atoms with Crippen molar-refractivity contribution in [2.45, 2.75) is 51.7 Å². The van der Waals surface area contributed by atoms with E-state index in [4.69, 9.17) is 5.11 Å². The Kier molecular flexibility index (Phi) is 4.53. The number of rotatable bonds is 4. The van der Waals surface area contributed by atoms with Gasteiger partial charge in [-0.2, -0.15) is 0 Å². The molecule has 2 rings (SSSR count). The van der Waals surface area contributed by atoms with Gasteiger partial charge in [0.15, 0.2) is 11.6 Å². The summed E-state index contributed by atoms with van der Waals surface area (Å²) in [4.78, 5) is 6.27. The second-order valence-electron chi connectivity index (χ2n) is 4.90. The Morgan fingerprint density at radius 2 is 2.33 bits per heavy atom. The molecule has 0 saturated carbocycles. The number of aliphatic hydroxyl groups excluding tert-OH is 1. The number of halogens is 1. The first-order valence-corrected chi connectivity index (χ1v) is 6.78. The predicted molar refractivity (Wildman–Crippen MR) is 70.0 cm³/mol. The highest BCUT2D eigenvalue weighted by Crippen LogP contribution is 2.28. The molecule has 1 fully saturated rings. The Bertz CT molecular complexity index is 395. The third kappa shape index (κ3) is 2.64. The van der Waals surface area contributed by atoms with Crippen molar-refractivity contribution in [3.8, 4) is 0 Å². The topological polar surface area (TPSA) is 36.4 Å². The van der Waals surface area contributed by atoms with Gasteiger partial charge in [0.1, 0.15) is 0 Å². The van der Waals surface area contributed by atoms with Crippen molar-refractivity contribution in [2.24, 2.45) is 0 Å². The quantitative estimate of drug-likeness (QED) is 0.895. The lowest BCUT2D eigenvalue weighted by Crippen LogP contribution is -2.40. The minimum absolute atomic E-state index is 0.270. The number of aliphatic hydroxyl groups is 1. The molecule has 1 aliphatic rings. The van der Waals surface area contributed by atoms with E-state index in [-0.39, 0.29) is 12.4 Å². The van der Waals surface area contributed by atoms with Crippen LogP contribution in [0.1, 0.15) is 44.6 Å². The molecule has 1 N–H and O–H groups in total. The molecule has 2 heterocycles. The molecular formula is C14H21FN2O. The molecule has 100 valence electrons. The number of aromatic nitrogens is 1. The van der Waals surface area contributed by atoms with E-state index in [0.29, 0.717) is 17.4 Å². The molecular weight excluding hydrogens is 231 g/mol. The minimum Gasteiger partial charge on any atom is -0.392 e. The van der Waals surface area contributed by atoms with Gasteiger partial charge in [0.2, 0.25) is 0 Å². The van der Waals surface area contributed by atoms with Gasteiger partial charge in [0, 0.05) is 24.3 Å². The molecule has 1 aromatic rings. The summed E-state index contributed by atoms with van der Waals surface area (Å²) < 4.78 is 14.2. The van der Waals surface area contributed by atoms with E-state index in [1.807, 2.05) is 0 Å². The monoisotopic (exact) mass is 252 g/mol. The van der Waals surface area contributed by atoms with E-state index in [2.05, 4.69) is 16.8 Å². The van der Waals surface area contributed by atoms with Gasteiger partial charge in [-0.05, 0) is 31.7 Å². The minimum atomic E-state index is -0.358. The fourth-order valence-electron chi connectivity index (χ4n) is 2.71. The van der Waals surface area contributed by atoms with Crippen LogP contribution in [0.2, 0.25) is 0 Å². The molecule has 1 unspecified atom stereocenters. The van der Waals surface area contributed by atoms with Gasteiger partial charge < -0.3 is 10.0 Å². The lowest BCUT2D eigenvalue weighted by molar-refractivity contribution is 0.275. The lowest BCUT2D eigenvalue weighted by Gasteiger charge is -2.37. The van der Waals surface area contributed by atoms with Crippen molar-refractivity contribution in [1.82, 2.24) is 4.98 Å². The summed E-state index contributed by atoms with van der Waals surface area (Å²) in [5.74, 6) is 0.0581. The highest BCUT2D eigenvalue weighted by Gasteiger charge is 2.25. The Morgan fingerprint density at radius 1 is 1.50 bits per heavy atom. The van der Waals surface area contributed by atoms with Crippen LogP contribution in [0.25, 0.3) is 0 Å². The summed E-state index contributed by atoms with van der Waals surface area (Å²) >= 11 is 0. The van der Waals surface area contributed by atoms with E-state index in [1.165, 1.54) is 12.5 Å². The molecule has 18 heavy (non-hydrogen) atoms. The number of anilines is 1. The van der Waals surface area contributed by atoms with Gasteiger partial charge in [-0.3, -0.25) is 0 Å². The molecule has 0 spiro atoms. The normalized spacial score (nSPS) is 20.2. The number of nitrogens with zero attached hydrogens (tertiary/aromatic N) is 2. The fourth-order valence-corrected chi connectivity index (χ4v) is 2.71. The van der Waals surface area contributed by atoms with Crippen LogP contribution in [-0.2, 0) is 6.61 Å². The third-order valence-electron chi connectivity index (χ3n) is 3.64. The van der Waals surface area contributed by atoms with Gasteiger partial charge in [0.05, 0.1) is 6.61 Å². The molecule has 0 radical (unpaired) electrons. The first-order valence-electron chi connectivity index (χ1n) is 6.78. The van der Waals surface area contributed by atoms with Gasteiger partial charge in [0.25, 0.3) is 0 Å². The van der Waals surface area contributed by atoms with Crippen LogP contribution < -0.4 is 4.90 Å². The van der Waals surface area contributed by atoms with E-state index in [1.54, 1.807) is 6.20 Å². The van der Waals surface area contributed by atoms with Crippen molar-refractivity contribution in [1.29, 1.82) is 0 Å². The molecule has 1 aliphatic heterocycles. The third-order valence-corrected chi connectivity index (χ3v) is 3.64. The summed E-state index contributed by atoms with van der Waals surface area (Å²) in [5, 5.41) is 9.12. The second kappa shape index (κ2) is 6.14. The van der Waals surface area contributed by atoms with Gasteiger partial charge in [-0.25, -0.2) is 9.37 Å². The van der Waals surface area contributed by atoms with Crippen LogP contribution in [0, 0.1) is 5.82 Å². The number of hydrogen-bond donors (Lipinski definition) is 1. The molecule has 3 nitrogen and oxygen atoms in total. The van der Waals surface area contributed by atoms with E-state index in [0.717, 1.165) is 32.2 Å². The summed E-state index contributed by atoms with van der Waals surface area (Å²) in [6, 6.07) is 1.93. The largest absolute Gasteiger partial charge is 0.392 e. The average molecular weight is 252 g/mol. The second-order valence-corrected chi connectivity index (χ2v) is 4.90. The number of pyridine rings is 1. The maximum atomic E-state index is 14.2. The van der Waals surface area contributed by atoms with Crippen molar-refractivity contribution in [2.75, 3.05) is 11.4 Å². The molecule has 1 aromatic heterocycles. The standard InChI is InChI=1S/C14H21FN2O/c1-2-5-12-6-3-4-9-17(12)14-13(15)11(10-18)7-8-16-14/h7-8,12,18H,2-6,9-10H2,1H3. The first-order chi connectivity index (χ1) is 8.77. The summed E-state index contributed by atoms with van der Waals surface area (Å²) in [7, 11) is 0. The van der Waals surface area contributed by atoms with Crippen molar-refractivity contribution >= 4 is 5.82 Å². The maximum absolute atomic E-state index is 14.2. The summed E-state index contributed by atoms with van der Waals surface area (Å²) in [5.41, 5.74) is 0.334. The van der Waals surface area contributed by atoms with Crippen LogP contribution >= 0.6 is 0 Å². The van der Waals surface area contributed by atoms with Crippen LogP contribution in [0.3, 0.4) is 0 Å². The Hall–Kier alpha value is -1.16. The van der Waals surface area contributed by atoms with Gasteiger partial charge in [-0.15, -0.1) is 0 Å². The fraction of sp³-hybridized carbons (Fsp3) is 0.643. The Morgan fingerprint density at radius 3 is 3.06 bits per heavy atom. The summed E-state index contributed by atoms with van der Waals surface area (Å²) in [6.07, 6.45) is 7.17. The highest BCUT2D eigenvalue weighted by atomic mass is 19.1. The number of piperidine rings is 1. The van der Waals surface area contributed by atoms with Crippen molar-refractivity contribution < 1.29 is 9.50 Å². The SMILES string of the molecule is CCCC1CCCCN1c1nccc(CO)c1F. The van der Waals surface area contributed by atoms with Gasteiger partial charge >= 0.3 is 0 Å². The van der Waals surface area contributed by atoms with Crippen LogP contribution in [0.5, 0.6) is 0 Å². The van der Waals surface area contributed by atoms with E-state index < -0.39 is 0 Å².